The van der Waals surface area contributed by atoms with E-state index in [-0.39, 0.29) is 6.03 Å². The summed E-state index contributed by atoms with van der Waals surface area (Å²) in [5, 5.41) is 4.42. The van der Waals surface area contributed by atoms with Crippen LogP contribution in [0.25, 0.3) is 22.4 Å². The van der Waals surface area contributed by atoms with Gasteiger partial charge in [-0.15, -0.1) is 0 Å². The molecule has 0 saturated heterocycles. The summed E-state index contributed by atoms with van der Waals surface area (Å²) in [7, 11) is 1.60. The van der Waals surface area contributed by atoms with E-state index in [1.807, 2.05) is 36.4 Å². The molecule has 0 aliphatic carbocycles. The fourth-order valence-corrected chi connectivity index (χ4v) is 3.04. The molecule has 4 aromatic rings. The van der Waals surface area contributed by atoms with Crippen molar-refractivity contribution in [2.75, 3.05) is 7.11 Å². The Hall–Kier alpha value is -3.99. The summed E-state index contributed by atoms with van der Waals surface area (Å²) in [5.41, 5.74) is 4.61. The van der Waals surface area contributed by atoms with E-state index in [1.54, 1.807) is 37.6 Å². The Bertz CT molecular complexity index is 1140. The topological polar surface area (TPSA) is 47.1 Å². The van der Waals surface area contributed by atoms with Gasteiger partial charge in [0.25, 0.3) is 0 Å². The molecule has 0 saturated carbocycles. The third kappa shape index (κ3) is 3.84. The summed E-state index contributed by atoms with van der Waals surface area (Å²) < 4.78 is 7.73. The van der Waals surface area contributed by atoms with Crippen LogP contribution in [0.5, 0.6) is 5.75 Å². The van der Waals surface area contributed by atoms with E-state index >= 15 is 0 Å². The standard InChI is InChI=1S/C24H20N3O2/c1-26(21-12-14-22(29-2)15-13-21)24(28)27-17-16-23(25-27)20-10-8-19(9-11-20)18-6-4-3-5-7-18/h3-17H,1H2,2H3/q+1. The lowest BCUT2D eigenvalue weighted by molar-refractivity contribution is -0.324. The second kappa shape index (κ2) is 7.94. The highest BCUT2D eigenvalue weighted by atomic mass is 16.5. The van der Waals surface area contributed by atoms with Gasteiger partial charge in [0.15, 0.2) is 0 Å². The molecule has 5 nitrogen and oxygen atoms in total. The number of carbonyl (C=O) groups excluding carboxylic acids is 1. The Morgan fingerprint density at radius 2 is 1.48 bits per heavy atom. The van der Waals surface area contributed by atoms with E-state index in [9.17, 15) is 4.79 Å². The predicted molar refractivity (Wildman–Crippen MR) is 114 cm³/mol. The van der Waals surface area contributed by atoms with Gasteiger partial charge in [0.1, 0.15) is 23.3 Å². The molecule has 0 aliphatic rings. The zero-order valence-electron chi connectivity index (χ0n) is 16.0. The van der Waals surface area contributed by atoms with Gasteiger partial charge in [-0.05, 0) is 35.4 Å². The molecule has 0 atom stereocenters. The Kier molecular flexibility index (Phi) is 5.03. The molecule has 142 valence electrons. The van der Waals surface area contributed by atoms with Crippen molar-refractivity contribution < 1.29 is 14.1 Å². The van der Waals surface area contributed by atoms with Gasteiger partial charge in [-0.1, -0.05) is 64.4 Å². The van der Waals surface area contributed by atoms with Crippen molar-refractivity contribution in [3.63, 3.8) is 0 Å². The van der Waals surface area contributed by atoms with Crippen molar-refractivity contribution >= 4 is 18.4 Å². The number of amides is 1. The van der Waals surface area contributed by atoms with E-state index in [2.05, 4.69) is 36.1 Å². The molecule has 5 heteroatoms. The number of benzene rings is 3. The minimum absolute atomic E-state index is 0.345. The SMILES string of the molecule is C=[N+](C(=O)n1ccc(-c2ccc(-c3ccccc3)cc2)n1)c1ccc(OC)cc1. The van der Waals surface area contributed by atoms with Gasteiger partial charge in [0.05, 0.1) is 13.8 Å². The quantitative estimate of drug-likeness (QED) is 0.358. The predicted octanol–water partition coefficient (Wildman–Crippen LogP) is 5.24. The van der Waals surface area contributed by atoms with Crippen LogP contribution in [0.4, 0.5) is 10.5 Å². The first-order chi connectivity index (χ1) is 14.2. The fraction of sp³-hybridized carbons (Fsp3) is 0.0417. The Labute approximate surface area is 169 Å². The Morgan fingerprint density at radius 3 is 2.14 bits per heavy atom. The number of rotatable bonds is 4. The van der Waals surface area contributed by atoms with Gasteiger partial charge in [-0.3, -0.25) is 0 Å². The highest BCUT2D eigenvalue weighted by Crippen LogP contribution is 2.24. The van der Waals surface area contributed by atoms with Crippen LogP contribution < -0.4 is 4.74 Å². The van der Waals surface area contributed by atoms with E-state index in [0.29, 0.717) is 5.69 Å². The van der Waals surface area contributed by atoms with Gasteiger partial charge in [0.2, 0.25) is 0 Å². The van der Waals surface area contributed by atoms with Gasteiger partial charge in [0, 0.05) is 11.6 Å². The lowest BCUT2D eigenvalue weighted by Gasteiger charge is -2.03. The van der Waals surface area contributed by atoms with Gasteiger partial charge in [-0.25, -0.2) is 0 Å². The highest BCUT2D eigenvalue weighted by Gasteiger charge is 2.22. The first kappa shape index (κ1) is 18.4. The zero-order chi connectivity index (χ0) is 20.2. The average molecular weight is 382 g/mol. The summed E-state index contributed by atoms with van der Waals surface area (Å²) >= 11 is 0. The summed E-state index contributed by atoms with van der Waals surface area (Å²) in [6.07, 6.45) is 1.64. The number of hydrogen-bond acceptors (Lipinski definition) is 3. The minimum Gasteiger partial charge on any atom is -0.497 e. The van der Waals surface area contributed by atoms with Gasteiger partial charge < -0.3 is 4.74 Å². The van der Waals surface area contributed by atoms with Crippen LogP contribution in [0.15, 0.2) is 91.1 Å². The number of carbonyl (C=O) groups is 1. The van der Waals surface area contributed by atoms with Crippen LogP contribution in [-0.2, 0) is 0 Å². The number of nitrogens with zero attached hydrogens (tertiary/aromatic N) is 3. The van der Waals surface area contributed by atoms with Gasteiger partial charge in [-0.2, -0.15) is 9.37 Å². The second-order valence-corrected chi connectivity index (χ2v) is 6.50. The molecule has 1 aromatic heterocycles. The lowest BCUT2D eigenvalue weighted by Crippen LogP contribution is -2.21. The third-order valence-electron chi connectivity index (χ3n) is 4.69. The largest absolute Gasteiger partial charge is 0.528 e. The molecule has 0 unspecified atom stereocenters. The van der Waals surface area contributed by atoms with Crippen molar-refractivity contribution in [1.82, 2.24) is 9.78 Å². The first-order valence-corrected chi connectivity index (χ1v) is 9.16. The van der Waals surface area contributed by atoms with Crippen LogP contribution >= 0.6 is 0 Å². The van der Waals surface area contributed by atoms with Crippen LogP contribution in [0.1, 0.15) is 0 Å². The summed E-state index contributed by atoms with van der Waals surface area (Å²) in [6.45, 7) is 3.85. The maximum atomic E-state index is 12.7. The third-order valence-corrected chi connectivity index (χ3v) is 4.69. The molecule has 1 amide bonds. The van der Waals surface area contributed by atoms with Crippen LogP contribution in [0, 0.1) is 0 Å². The minimum atomic E-state index is -0.345. The normalized spacial score (nSPS) is 10.5. The van der Waals surface area contributed by atoms with E-state index in [4.69, 9.17) is 4.74 Å². The fourth-order valence-electron chi connectivity index (χ4n) is 3.04. The van der Waals surface area contributed by atoms with Crippen molar-refractivity contribution in [2.45, 2.75) is 0 Å². The van der Waals surface area contributed by atoms with E-state index in [1.165, 1.54) is 9.26 Å². The Balaban J connectivity index is 1.53. The maximum Gasteiger partial charge on any atom is 0.528 e. The molecule has 0 spiro atoms. The summed E-state index contributed by atoms with van der Waals surface area (Å²) in [4.78, 5) is 12.7. The van der Waals surface area contributed by atoms with Crippen molar-refractivity contribution in [3.8, 4) is 28.1 Å². The molecule has 0 fully saturated rings. The molecule has 4 rings (SSSR count). The van der Waals surface area contributed by atoms with Gasteiger partial charge >= 0.3 is 6.03 Å². The van der Waals surface area contributed by atoms with E-state index in [0.717, 1.165) is 28.1 Å². The molecule has 0 N–H and O–H groups in total. The first-order valence-electron chi connectivity index (χ1n) is 9.16. The molecular formula is C24H20N3O2+. The number of hydrogen-bond donors (Lipinski definition) is 0. The molecule has 0 bridgehead atoms. The molecule has 0 aliphatic heterocycles. The number of methoxy groups -OCH3 is 1. The van der Waals surface area contributed by atoms with Crippen molar-refractivity contribution in [3.05, 3.63) is 91.1 Å². The van der Waals surface area contributed by atoms with Crippen LogP contribution in [-0.4, -0.2) is 34.2 Å². The average Bonchev–Trinajstić information content (AvgIpc) is 3.29. The lowest BCUT2D eigenvalue weighted by atomic mass is 10.0. The molecule has 3 aromatic carbocycles. The van der Waals surface area contributed by atoms with E-state index < -0.39 is 0 Å². The number of aromatic nitrogens is 2. The summed E-state index contributed by atoms with van der Waals surface area (Å²) in [5.74, 6) is 0.718. The van der Waals surface area contributed by atoms with Crippen LogP contribution in [0.3, 0.4) is 0 Å². The van der Waals surface area contributed by atoms with Crippen molar-refractivity contribution in [2.24, 2.45) is 0 Å². The highest BCUT2D eigenvalue weighted by molar-refractivity contribution is 5.74. The monoisotopic (exact) mass is 382 g/mol. The maximum absolute atomic E-state index is 12.7. The molecule has 1 heterocycles. The molecule has 0 radical (unpaired) electrons. The molecular weight excluding hydrogens is 362 g/mol. The smallest absolute Gasteiger partial charge is 0.497 e. The summed E-state index contributed by atoms with van der Waals surface area (Å²) in [6, 6.07) is 26.9. The Morgan fingerprint density at radius 1 is 0.862 bits per heavy atom. The molecule has 29 heavy (non-hydrogen) atoms. The zero-order valence-corrected chi connectivity index (χ0v) is 16.0. The second-order valence-electron chi connectivity index (χ2n) is 6.50. The number of ether oxygens (including phenoxy) is 1. The van der Waals surface area contributed by atoms with Crippen LogP contribution in [0.2, 0.25) is 0 Å². The van der Waals surface area contributed by atoms with Crippen molar-refractivity contribution in [1.29, 1.82) is 0 Å².